The highest BCUT2D eigenvalue weighted by atomic mass is 16.2. The fraction of sp³-hybridized carbons (Fsp3) is 0.280. The van der Waals surface area contributed by atoms with Gasteiger partial charge in [0.25, 0.3) is 5.91 Å². The first kappa shape index (κ1) is 20.0. The first-order chi connectivity index (χ1) is 15.4. The van der Waals surface area contributed by atoms with Gasteiger partial charge in [0, 0.05) is 19.8 Å². The average molecular weight is 425 g/mol. The van der Waals surface area contributed by atoms with E-state index in [-0.39, 0.29) is 11.3 Å². The lowest BCUT2D eigenvalue weighted by atomic mass is 9.97. The number of likely N-dealkylation sites (N-methyl/N-ethyl adjacent to an activating group) is 2. The van der Waals surface area contributed by atoms with Crippen molar-refractivity contribution in [3.05, 3.63) is 71.4 Å². The summed E-state index contributed by atoms with van der Waals surface area (Å²) in [6.07, 6.45) is 3.52. The summed E-state index contributed by atoms with van der Waals surface area (Å²) in [5.74, 6) is 1.13. The van der Waals surface area contributed by atoms with E-state index in [1.54, 1.807) is 18.1 Å². The molecule has 2 aliphatic rings. The quantitative estimate of drug-likeness (QED) is 0.674. The van der Waals surface area contributed by atoms with E-state index in [2.05, 4.69) is 16.4 Å². The maximum Gasteiger partial charge on any atom is 0.254 e. The topological polar surface area (TPSA) is 85.2 Å². The van der Waals surface area contributed by atoms with Gasteiger partial charge >= 0.3 is 0 Å². The lowest BCUT2D eigenvalue weighted by Crippen LogP contribution is -2.45. The Kier molecular flexibility index (Phi) is 4.59. The lowest BCUT2D eigenvalue weighted by Gasteiger charge is -2.39. The van der Waals surface area contributed by atoms with Crippen LogP contribution in [0.5, 0.6) is 0 Å². The van der Waals surface area contributed by atoms with Gasteiger partial charge in [-0.25, -0.2) is 4.98 Å². The zero-order valence-corrected chi connectivity index (χ0v) is 18.3. The second-order valence-electron chi connectivity index (χ2n) is 8.57. The highest BCUT2D eigenvalue weighted by Gasteiger charge is 2.44. The predicted octanol–water partition coefficient (Wildman–Crippen LogP) is 4.24. The molecular formula is C25H24N6O. The van der Waals surface area contributed by atoms with Gasteiger partial charge in [0.1, 0.15) is 11.7 Å². The summed E-state index contributed by atoms with van der Waals surface area (Å²) in [5.41, 5.74) is 4.30. The Bertz CT molecular complexity index is 1240. The second kappa shape index (κ2) is 7.34. The molecule has 1 atom stereocenters. The number of anilines is 4. The van der Waals surface area contributed by atoms with Crippen LogP contribution in [-0.2, 0) is 10.2 Å². The molecule has 0 saturated heterocycles. The molecule has 1 N–H and O–H groups in total. The third kappa shape index (κ3) is 3.16. The number of aromatic nitrogens is 2. The highest BCUT2D eigenvalue weighted by molar-refractivity contribution is 6.04. The second-order valence-corrected chi connectivity index (χ2v) is 8.57. The van der Waals surface area contributed by atoms with Crippen molar-refractivity contribution in [2.24, 2.45) is 0 Å². The standard InChI is InChI=1S/C25H24N6O/c1-16-6-4-5-7-19(16)21-23(32)30(2)20-14-27-24(29-22(20)31(21)3)28-18-10-8-17(9-11-18)25(15-26)12-13-25/h4-11,14,21H,12-13H2,1-3H3,(H,27,28,29). The third-order valence-electron chi connectivity index (χ3n) is 6.54. The summed E-state index contributed by atoms with van der Waals surface area (Å²) in [6, 6.07) is 17.8. The van der Waals surface area contributed by atoms with Crippen LogP contribution in [0.1, 0.15) is 35.6 Å². The van der Waals surface area contributed by atoms with E-state index < -0.39 is 6.04 Å². The van der Waals surface area contributed by atoms with Gasteiger partial charge in [-0.2, -0.15) is 10.2 Å². The minimum atomic E-state index is -0.448. The summed E-state index contributed by atoms with van der Waals surface area (Å²) in [6.45, 7) is 2.01. The summed E-state index contributed by atoms with van der Waals surface area (Å²) in [4.78, 5) is 25.9. The van der Waals surface area contributed by atoms with Gasteiger partial charge in [0.05, 0.1) is 17.7 Å². The van der Waals surface area contributed by atoms with Gasteiger partial charge in [0.15, 0.2) is 5.82 Å². The van der Waals surface area contributed by atoms with Crippen LogP contribution in [-0.4, -0.2) is 30.0 Å². The van der Waals surface area contributed by atoms with Crippen LogP contribution in [0.3, 0.4) is 0 Å². The number of fused-ring (bicyclic) bond motifs is 1. The summed E-state index contributed by atoms with van der Waals surface area (Å²) < 4.78 is 0. The van der Waals surface area contributed by atoms with Crippen LogP contribution in [0.4, 0.5) is 23.1 Å². The smallest absolute Gasteiger partial charge is 0.254 e. The molecule has 2 aromatic carbocycles. The van der Waals surface area contributed by atoms with Crippen molar-refractivity contribution in [2.75, 3.05) is 29.2 Å². The van der Waals surface area contributed by atoms with Gasteiger partial charge in [-0.1, -0.05) is 36.4 Å². The molecule has 3 aromatic rings. The normalized spacial score (nSPS) is 18.7. The lowest BCUT2D eigenvalue weighted by molar-refractivity contribution is -0.120. The highest BCUT2D eigenvalue weighted by Crippen LogP contribution is 2.47. The molecule has 32 heavy (non-hydrogen) atoms. The Labute approximate surface area is 187 Å². The Morgan fingerprint density at radius 3 is 2.50 bits per heavy atom. The van der Waals surface area contributed by atoms with Crippen molar-refractivity contribution in [2.45, 2.75) is 31.2 Å². The number of nitriles is 1. The largest absolute Gasteiger partial charge is 0.342 e. The number of rotatable bonds is 4. The Hall–Kier alpha value is -3.92. The number of nitrogens with zero attached hydrogens (tertiary/aromatic N) is 5. The number of benzene rings is 2. The first-order valence-corrected chi connectivity index (χ1v) is 10.7. The van der Waals surface area contributed by atoms with Crippen LogP contribution in [0.15, 0.2) is 54.7 Å². The van der Waals surface area contributed by atoms with Crippen molar-refractivity contribution in [1.82, 2.24) is 9.97 Å². The van der Waals surface area contributed by atoms with Crippen LogP contribution < -0.4 is 15.1 Å². The summed E-state index contributed by atoms with van der Waals surface area (Å²) in [7, 11) is 3.65. The number of aryl methyl sites for hydroxylation is 1. The van der Waals surface area contributed by atoms with Gasteiger partial charge in [-0.05, 0) is 48.6 Å². The molecule has 1 unspecified atom stereocenters. The number of amides is 1. The van der Waals surface area contributed by atoms with Gasteiger partial charge < -0.3 is 15.1 Å². The SMILES string of the molecule is Cc1ccccc1C1C(=O)N(C)c2cnc(Nc3ccc(C4(C#N)CC4)cc3)nc2N1C. The molecule has 7 heteroatoms. The predicted molar refractivity (Wildman–Crippen MR) is 124 cm³/mol. The zero-order valence-electron chi connectivity index (χ0n) is 18.3. The number of nitrogens with one attached hydrogen (secondary N) is 1. The van der Waals surface area contributed by atoms with E-state index in [1.165, 1.54) is 0 Å². The van der Waals surface area contributed by atoms with Gasteiger partial charge in [-0.3, -0.25) is 4.79 Å². The van der Waals surface area contributed by atoms with Crippen molar-refractivity contribution in [1.29, 1.82) is 5.26 Å². The molecule has 0 radical (unpaired) electrons. The average Bonchev–Trinajstić information content (AvgIpc) is 3.61. The minimum absolute atomic E-state index is 0.0132. The number of carbonyl (C=O) groups is 1. The van der Waals surface area contributed by atoms with Crippen LogP contribution >= 0.6 is 0 Å². The minimum Gasteiger partial charge on any atom is -0.342 e. The zero-order chi connectivity index (χ0) is 22.5. The van der Waals surface area contributed by atoms with Crippen LogP contribution in [0, 0.1) is 18.3 Å². The monoisotopic (exact) mass is 424 g/mol. The molecule has 0 spiro atoms. The van der Waals surface area contributed by atoms with E-state index in [0.29, 0.717) is 17.5 Å². The molecule has 1 aliphatic heterocycles. The summed E-state index contributed by atoms with van der Waals surface area (Å²) in [5, 5.41) is 12.6. The number of carbonyl (C=O) groups excluding carboxylic acids is 1. The number of hydrogen-bond donors (Lipinski definition) is 1. The Morgan fingerprint density at radius 2 is 1.84 bits per heavy atom. The maximum absolute atomic E-state index is 13.2. The van der Waals surface area contributed by atoms with Crippen molar-refractivity contribution in [3.63, 3.8) is 0 Å². The molecule has 1 aromatic heterocycles. The van der Waals surface area contributed by atoms with Crippen molar-refractivity contribution in [3.8, 4) is 6.07 Å². The van der Waals surface area contributed by atoms with E-state index in [4.69, 9.17) is 4.98 Å². The fourth-order valence-corrected chi connectivity index (χ4v) is 4.34. The van der Waals surface area contributed by atoms with E-state index in [0.717, 1.165) is 35.2 Å². The molecule has 5 rings (SSSR count). The molecule has 1 aliphatic carbocycles. The molecule has 1 fully saturated rings. The molecule has 7 nitrogen and oxygen atoms in total. The first-order valence-electron chi connectivity index (χ1n) is 10.7. The van der Waals surface area contributed by atoms with Crippen molar-refractivity contribution < 1.29 is 4.79 Å². The van der Waals surface area contributed by atoms with Gasteiger partial charge in [0.2, 0.25) is 5.95 Å². The molecule has 160 valence electrons. The molecule has 0 bridgehead atoms. The van der Waals surface area contributed by atoms with E-state index >= 15 is 0 Å². The molecule has 2 heterocycles. The van der Waals surface area contributed by atoms with Crippen LogP contribution in [0.2, 0.25) is 0 Å². The molecular weight excluding hydrogens is 400 g/mol. The van der Waals surface area contributed by atoms with E-state index in [1.807, 2.05) is 67.4 Å². The van der Waals surface area contributed by atoms with Gasteiger partial charge in [-0.15, -0.1) is 0 Å². The molecule has 1 saturated carbocycles. The number of hydrogen-bond acceptors (Lipinski definition) is 6. The van der Waals surface area contributed by atoms with Crippen LogP contribution in [0.25, 0.3) is 0 Å². The fourth-order valence-electron chi connectivity index (χ4n) is 4.34. The van der Waals surface area contributed by atoms with Crippen molar-refractivity contribution >= 4 is 29.0 Å². The molecule has 1 amide bonds. The third-order valence-corrected chi connectivity index (χ3v) is 6.54. The van der Waals surface area contributed by atoms with E-state index in [9.17, 15) is 10.1 Å². The summed E-state index contributed by atoms with van der Waals surface area (Å²) >= 11 is 0. The Balaban J connectivity index is 1.45. The maximum atomic E-state index is 13.2. The Morgan fingerprint density at radius 1 is 1.12 bits per heavy atom.